The number of halogens is 1. The topological polar surface area (TPSA) is 26.0 Å². The fourth-order valence-electron chi connectivity index (χ4n) is 1.99. The van der Waals surface area contributed by atoms with E-state index in [1.165, 1.54) is 11.6 Å². The Bertz CT molecular complexity index is 547. The molecule has 0 atom stereocenters. The molecule has 94 valence electrons. The van der Waals surface area contributed by atoms with Crippen molar-refractivity contribution in [3.8, 4) is 11.1 Å². The van der Waals surface area contributed by atoms with Crippen LogP contribution in [0.15, 0.2) is 42.5 Å². The van der Waals surface area contributed by atoms with Crippen molar-refractivity contribution in [2.75, 3.05) is 0 Å². The predicted molar refractivity (Wildman–Crippen MR) is 73.8 cm³/mol. The van der Waals surface area contributed by atoms with Crippen LogP contribution in [0.3, 0.4) is 0 Å². The predicted octanol–water partition coefficient (Wildman–Crippen LogP) is 4.07. The molecule has 0 saturated heterocycles. The van der Waals surface area contributed by atoms with Gasteiger partial charge >= 0.3 is 0 Å². The molecule has 0 amide bonds. The number of hydrogen-bond acceptors (Lipinski definition) is 1. The van der Waals surface area contributed by atoms with Crippen molar-refractivity contribution in [1.29, 1.82) is 0 Å². The molecule has 2 N–H and O–H groups in total. The third-order valence-electron chi connectivity index (χ3n) is 3.15. The van der Waals surface area contributed by atoms with Crippen molar-refractivity contribution in [2.45, 2.75) is 26.3 Å². The van der Waals surface area contributed by atoms with Gasteiger partial charge in [0, 0.05) is 12.1 Å². The monoisotopic (exact) mass is 243 g/mol. The standard InChI is InChI=1S/C16H18FN/c1-11(2)12-4-3-5-13(8-12)14-6-7-16(17)15(9-14)10-18/h3-9,11H,10,18H2,1-2H3. The molecule has 18 heavy (non-hydrogen) atoms. The quantitative estimate of drug-likeness (QED) is 0.863. The van der Waals surface area contributed by atoms with Gasteiger partial charge in [0.15, 0.2) is 0 Å². The number of rotatable bonds is 3. The maximum absolute atomic E-state index is 13.4. The van der Waals surface area contributed by atoms with Gasteiger partial charge in [-0.1, -0.05) is 44.2 Å². The first kappa shape index (κ1) is 12.8. The summed E-state index contributed by atoms with van der Waals surface area (Å²) in [5, 5.41) is 0. The minimum atomic E-state index is -0.235. The van der Waals surface area contributed by atoms with Crippen molar-refractivity contribution < 1.29 is 4.39 Å². The summed E-state index contributed by atoms with van der Waals surface area (Å²) >= 11 is 0. The maximum Gasteiger partial charge on any atom is 0.127 e. The fourth-order valence-corrected chi connectivity index (χ4v) is 1.99. The third-order valence-corrected chi connectivity index (χ3v) is 3.15. The Hall–Kier alpha value is -1.67. The summed E-state index contributed by atoms with van der Waals surface area (Å²) in [5.41, 5.74) is 9.50. The number of hydrogen-bond donors (Lipinski definition) is 1. The van der Waals surface area contributed by atoms with Crippen LogP contribution >= 0.6 is 0 Å². The van der Waals surface area contributed by atoms with Crippen molar-refractivity contribution in [3.63, 3.8) is 0 Å². The van der Waals surface area contributed by atoms with Gasteiger partial charge in [-0.25, -0.2) is 4.39 Å². The molecular weight excluding hydrogens is 225 g/mol. The average molecular weight is 243 g/mol. The SMILES string of the molecule is CC(C)c1cccc(-c2ccc(F)c(CN)c2)c1. The normalized spacial score (nSPS) is 10.9. The van der Waals surface area contributed by atoms with E-state index in [2.05, 4.69) is 26.0 Å². The lowest BCUT2D eigenvalue weighted by atomic mass is 9.96. The molecule has 0 radical (unpaired) electrons. The summed E-state index contributed by atoms with van der Waals surface area (Å²) in [5.74, 6) is 0.251. The van der Waals surface area contributed by atoms with Crippen molar-refractivity contribution in [2.24, 2.45) is 5.73 Å². The molecule has 0 bridgehead atoms. The highest BCUT2D eigenvalue weighted by Crippen LogP contribution is 2.25. The molecule has 0 fully saturated rings. The molecule has 0 aliphatic carbocycles. The van der Waals surface area contributed by atoms with Crippen LogP contribution in [0, 0.1) is 5.82 Å². The second kappa shape index (κ2) is 5.32. The molecule has 0 aliphatic heterocycles. The van der Waals surface area contributed by atoms with E-state index in [1.54, 1.807) is 6.07 Å². The summed E-state index contributed by atoms with van der Waals surface area (Å²) in [6, 6.07) is 13.5. The second-order valence-electron chi connectivity index (χ2n) is 4.79. The Morgan fingerprint density at radius 2 is 1.78 bits per heavy atom. The lowest BCUT2D eigenvalue weighted by molar-refractivity contribution is 0.611. The Balaban J connectivity index is 2.45. The van der Waals surface area contributed by atoms with Crippen molar-refractivity contribution in [3.05, 3.63) is 59.4 Å². The van der Waals surface area contributed by atoms with E-state index in [0.717, 1.165) is 11.1 Å². The zero-order chi connectivity index (χ0) is 13.1. The molecule has 1 nitrogen and oxygen atoms in total. The van der Waals surface area contributed by atoms with Gasteiger partial charge in [-0.3, -0.25) is 0 Å². The van der Waals surface area contributed by atoms with Gasteiger partial charge < -0.3 is 5.73 Å². The molecule has 0 saturated carbocycles. The molecule has 2 aromatic rings. The van der Waals surface area contributed by atoms with Gasteiger partial charge in [0.25, 0.3) is 0 Å². The van der Waals surface area contributed by atoms with Crippen LogP contribution in [-0.4, -0.2) is 0 Å². The van der Waals surface area contributed by atoms with Crippen LogP contribution in [0.4, 0.5) is 4.39 Å². The molecule has 0 spiro atoms. The minimum absolute atomic E-state index is 0.226. The van der Waals surface area contributed by atoms with E-state index in [4.69, 9.17) is 5.73 Å². The molecular formula is C16H18FN. The first-order chi connectivity index (χ1) is 8.61. The first-order valence-corrected chi connectivity index (χ1v) is 6.20. The summed E-state index contributed by atoms with van der Waals surface area (Å²) in [4.78, 5) is 0. The Morgan fingerprint density at radius 1 is 1.06 bits per heavy atom. The zero-order valence-corrected chi connectivity index (χ0v) is 10.8. The molecule has 0 unspecified atom stereocenters. The van der Waals surface area contributed by atoms with Crippen LogP contribution < -0.4 is 5.73 Å². The highest BCUT2D eigenvalue weighted by molar-refractivity contribution is 5.65. The summed E-state index contributed by atoms with van der Waals surface area (Å²) in [6.07, 6.45) is 0. The van der Waals surface area contributed by atoms with Gasteiger partial charge in [0.1, 0.15) is 5.82 Å². The first-order valence-electron chi connectivity index (χ1n) is 6.20. The Morgan fingerprint density at radius 3 is 2.44 bits per heavy atom. The van der Waals surface area contributed by atoms with E-state index in [-0.39, 0.29) is 12.4 Å². The highest BCUT2D eigenvalue weighted by Gasteiger charge is 2.05. The zero-order valence-electron chi connectivity index (χ0n) is 10.8. The Kier molecular flexibility index (Phi) is 3.78. The summed E-state index contributed by atoms with van der Waals surface area (Å²) in [6.45, 7) is 4.55. The van der Waals surface area contributed by atoms with Gasteiger partial charge in [0.05, 0.1) is 0 Å². The molecule has 2 heteroatoms. The summed E-state index contributed by atoms with van der Waals surface area (Å²) in [7, 11) is 0. The maximum atomic E-state index is 13.4. The van der Waals surface area contributed by atoms with Crippen LogP contribution in [0.1, 0.15) is 30.9 Å². The minimum Gasteiger partial charge on any atom is -0.326 e. The van der Waals surface area contributed by atoms with Crippen LogP contribution in [0.2, 0.25) is 0 Å². The van der Waals surface area contributed by atoms with Crippen molar-refractivity contribution in [1.82, 2.24) is 0 Å². The molecule has 0 aromatic heterocycles. The summed E-state index contributed by atoms with van der Waals surface area (Å²) < 4.78 is 13.4. The molecule has 0 heterocycles. The van der Waals surface area contributed by atoms with Crippen LogP contribution in [-0.2, 0) is 6.54 Å². The highest BCUT2D eigenvalue weighted by atomic mass is 19.1. The van der Waals surface area contributed by atoms with E-state index in [1.807, 2.05) is 18.2 Å². The van der Waals surface area contributed by atoms with Crippen molar-refractivity contribution >= 4 is 0 Å². The lowest BCUT2D eigenvalue weighted by Gasteiger charge is -2.09. The lowest BCUT2D eigenvalue weighted by Crippen LogP contribution is -2.00. The molecule has 2 rings (SSSR count). The van der Waals surface area contributed by atoms with Crippen LogP contribution in [0.5, 0.6) is 0 Å². The molecule has 0 aliphatic rings. The van der Waals surface area contributed by atoms with Gasteiger partial charge in [0.2, 0.25) is 0 Å². The van der Waals surface area contributed by atoms with E-state index >= 15 is 0 Å². The Labute approximate surface area is 107 Å². The second-order valence-corrected chi connectivity index (χ2v) is 4.79. The van der Waals surface area contributed by atoms with Crippen LogP contribution in [0.25, 0.3) is 11.1 Å². The largest absolute Gasteiger partial charge is 0.326 e. The smallest absolute Gasteiger partial charge is 0.127 e. The van der Waals surface area contributed by atoms with Gasteiger partial charge in [-0.2, -0.15) is 0 Å². The number of nitrogens with two attached hydrogens (primary N) is 1. The van der Waals surface area contributed by atoms with E-state index in [0.29, 0.717) is 11.5 Å². The average Bonchev–Trinajstić information content (AvgIpc) is 2.39. The fraction of sp³-hybridized carbons (Fsp3) is 0.250. The van der Waals surface area contributed by atoms with E-state index in [9.17, 15) is 4.39 Å². The van der Waals surface area contributed by atoms with E-state index < -0.39 is 0 Å². The third kappa shape index (κ3) is 2.59. The van der Waals surface area contributed by atoms with Gasteiger partial charge in [-0.15, -0.1) is 0 Å². The number of benzene rings is 2. The van der Waals surface area contributed by atoms with Gasteiger partial charge in [-0.05, 0) is 34.7 Å². The molecule has 2 aromatic carbocycles.